The van der Waals surface area contributed by atoms with Gasteiger partial charge in [0.1, 0.15) is 5.75 Å². The number of carbonyl (C=O) groups excluding carboxylic acids is 1. The molecule has 0 aliphatic heterocycles. The summed E-state index contributed by atoms with van der Waals surface area (Å²) in [5.41, 5.74) is 0.904. The molecule has 0 aliphatic rings. The van der Waals surface area contributed by atoms with Crippen LogP contribution in [0.2, 0.25) is 20.1 Å². The van der Waals surface area contributed by atoms with E-state index < -0.39 is 5.60 Å². The molecule has 1 amide bonds. The molecule has 0 saturated heterocycles. The second-order valence-corrected chi connectivity index (χ2v) is 10.1. The predicted octanol–water partition coefficient (Wildman–Crippen LogP) is 8.16. The summed E-state index contributed by atoms with van der Waals surface area (Å²) in [7, 11) is 0. The smallest absolute Gasteiger partial charge is 0.263 e. The summed E-state index contributed by atoms with van der Waals surface area (Å²) in [6, 6.07) is 20.0. The van der Waals surface area contributed by atoms with Crippen LogP contribution in [0.1, 0.15) is 43.7 Å². The first-order valence-electron chi connectivity index (χ1n) is 10.5. The number of rotatable bonds is 8. The Morgan fingerprint density at radius 1 is 0.879 bits per heavy atom. The van der Waals surface area contributed by atoms with Crippen molar-refractivity contribution >= 4 is 52.3 Å². The zero-order valence-electron chi connectivity index (χ0n) is 18.5. The number of ether oxygens (including phenoxy) is 1. The van der Waals surface area contributed by atoms with Gasteiger partial charge in [-0.25, -0.2) is 0 Å². The monoisotopic (exact) mass is 523 g/mol. The lowest BCUT2D eigenvalue weighted by Crippen LogP contribution is -2.47. The zero-order valence-corrected chi connectivity index (χ0v) is 21.6. The molecule has 0 fully saturated rings. The molecule has 0 aliphatic carbocycles. The molecule has 7 heteroatoms. The van der Waals surface area contributed by atoms with E-state index in [1.54, 1.807) is 44.2 Å². The first-order valence-corrected chi connectivity index (χ1v) is 12.0. The van der Waals surface area contributed by atoms with Crippen LogP contribution in [-0.2, 0) is 4.79 Å². The van der Waals surface area contributed by atoms with Gasteiger partial charge in [0.25, 0.3) is 5.91 Å². The first-order chi connectivity index (χ1) is 15.6. The first kappa shape index (κ1) is 25.7. The van der Waals surface area contributed by atoms with Gasteiger partial charge in [0, 0.05) is 32.6 Å². The summed E-state index contributed by atoms with van der Waals surface area (Å²) in [6.45, 7) is 5.92. The van der Waals surface area contributed by atoms with Gasteiger partial charge in [0.05, 0.1) is 0 Å². The Balaban J connectivity index is 1.80. The maximum Gasteiger partial charge on any atom is 0.263 e. The summed E-state index contributed by atoms with van der Waals surface area (Å²) in [6.07, 6.45) is 0. The summed E-state index contributed by atoms with van der Waals surface area (Å²) in [5, 5.41) is 5.48. The van der Waals surface area contributed by atoms with Crippen molar-refractivity contribution in [2.75, 3.05) is 6.54 Å². The number of hydrogen-bond acceptors (Lipinski definition) is 2. The fourth-order valence-corrected chi connectivity index (χ4v) is 4.47. The molecule has 2 atom stereocenters. The van der Waals surface area contributed by atoms with Crippen LogP contribution in [-0.4, -0.2) is 18.1 Å². The van der Waals surface area contributed by atoms with Gasteiger partial charge < -0.3 is 10.1 Å². The summed E-state index contributed by atoms with van der Waals surface area (Å²) < 4.78 is 5.93. The van der Waals surface area contributed by atoms with E-state index in [4.69, 9.17) is 51.1 Å². The SMILES string of the molecule is CC(c1ccc(Cl)cc1Cl)C(CNC(=O)C(C)(C)Oc1ccc(Cl)cc1)c1ccc(Cl)cc1. The Kier molecular flexibility index (Phi) is 8.58. The van der Waals surface area contributed by atoms with Crippen LogP contribution in [0.5, 0.6) is 5.75 Å². The quantitative estimate of drug-likeness (QED) is 0.322. The average Bonchev–Trinajstić information content (AvgIpc) is 2.76. The minimum Gasteiger partial charge on any atom is -0.478 e. The van der Waals surface area contributed by atoms with Crippen molar-refractivity contribution < 1.29 is 9.53 Å². The maximum atomic E-state index is 13.1. The number of halogens is 4. The minimum atomic E-state index is -1.08. The molecular formula is C26H25Cl4NO2. The average molecular weight is 525 g/mol. The molecule has 3 aromatic carbocycles. The van der Waals surface area contributed by atoms with Crippen LogP contribution < -0.4 is 10.1 Å². The maximum absolute atomic E-state index is 13.1. The lowest BCUT2D eigenvalue weighted by Gasteiger charge is -2.29. The van der Waals surface area contributed by atoms with Crippen LogP contribution in [0.4, 0.5) is 0 Å². The third kappa shape index (κ3) is 6.80. The Labute approximate surface area is 215 Å². The van der Waals surface area contributed by atoms with Gasteiger partial charge in [-0.05, 0) is 79.4 Å². The highest BCUT2D eigenvalue weighted by Gasteiger charge is 2.31. The van der Waals surface area contributed by atoms with E-state index in [9.17, 15) is 4.79 Å². The summed E-state index contributed by atoms with van der Waals surface area (Å²) in [4.78, 5) is 13.1. The third-order valence-corrected chi connectivity index (χ3v) is 6.64. The third-order valence-electron chi connectivity index (χ3n) is 5.57. The number of benzene rings is 3. The summed E-state index contributed by atoms with van der Waals surface area (Å²) in [5.74, 6) is 0.272. The van der Waals surface area contributed by atoms with Crippen molar-refractivity contribution in [3.63, 3.8) is 0 Å². The minimum absolute atomic E-state index is 0.00321. The van der Waals surface area contributed by atoms with Crippen molar-refractivity contribution in [2.45, 2.75) is 38.2 Å². The molecule has 0 bridgehead atoms. The van der Waals surface area contributed by atoms with Crippen LogP contribution in [0.3, 0.4) is 0 Å². The summed E-state index contributed by atoms with van der Waals surface area (Å²) >= 11 is 24.6. The van der Waals surface area contributed by atoms with Crippen molar-refractivity contribution in [3.05, 3.63) is 97.9 Å². The standard InChI is InChI=1S/C26H25Cl4NO2/c1-16(22-13-10-20(29)14-24(22)30)23(17-4-6-18(27)7-5-17)15-31-25(32)26(2,3)33-21-11-8-19(28)9-12-21/h4-14,16,23H,15H2,1-3H3,(H,31,32). The molecule has 174 valence electrons. The van der Waals surface area contributed by atoms with E-state index in [0.717, 1.165) is 11.1 Å². The largest absolute Gasteiger partial charge is 0.478 e. The fourth-order valence-electron chi connectivity index (χ4n) is 3.64. The number of amides is 1. The molecule has 1 N–H and O–H groups in total. The van der Waals surface area contributed by atoms with Gasteiger partial charge in [0.2, 0.25) is 0 Å². The molecule has 2 unspecified atom stereocenters. The Morgan fingerprint density at radius 3 is 2.00 bits per heavy atom. The van der Waals surface area contributed by atoms with Gasteiger partial charge in [0.15, 0.2) is 5.60 Å². The van der Waals surface area contributed by atoms with Gasteiger partial charge in [-0.2, -0.15) is 0 Å². The number of nitrogens with one attached hydrogen (secondary N) is 1. The normalized spacial score (nSPS) is 13.3. The Morgan fingerprint density at radius 2 is 1.42 bits per heavy atom. The van der Waals surface area contributed by atoms with Gasteiger partial charge >= 0.3 is 0 Å². The zero-order chi connectivity index (χ0) is 24.2. The van der Waals surface area contributed by atoms with Crippen molar-refractivity contribution in [1.29, 1.82) is 0 Å². The van der Waals surface area contributed by atoms with E-state index in [-0.39, 0.29) is 17.7 Å². The molecule has 0 aromatic heterocycles. The molecule has 3 nitrogen and oxygen atoms in total. The van der Waals surface area contributed by atoms with Crippen LogP contribution in [0.15, 0.2) is 66.7 Å². The lowest BCUT2D eigenvalue weighted by atomic mass is 9.82. The molecule has 3 rings (SSSR count). The van der Waals surface area contributed by atoms with Gasteiger partial charge in [-0.15, -0.1) is 0 Å². The van der Waals surface area contributed by atoms with Crippen LogP contribution in [0.25, 0.3) is 0 Å². The van der Waals surface area contributed by atoms with Crippen molar-refractivity contribution in [3.8, 4) is 5.75 Å². The highest BCUT2D eigenvalue weighted by atomic mass is 35.5. The molecule has 0 heterocycles. The van der Waals surface area contributed by atoms with E-state index in [1.807, 2.05) is 36.4 Å². The van der Waals surface area contributed by atoms with Crippen molar-refractivity contribution in [1.82, 2.24) is 5.32 Å². The van der Waals surface area contributed by atoms with Gasteiger partial charge in [-0.3, -0.25) is 4.79 Å². The van der Waals surface area contributed by atoms with Crippen LogP contribution >= 0.6 is 46.4 Å². The topological polar surface area (TPSA) is 38.3 Å². The molecule has 0 saturated carbocycles. The Hall–Kier alpha value is -1.91. The van der Waals surface area contributed by atoms with Crippen LogP contribution in [0, 0.1) is 0 Å². The fraction of sp³-hybridized carbons (Fsp3) is 0.269. The second kappa shape index (κ2) is 11.0. The Bertz CT molecular complexity index is 1100. The predicted molar refractivity (Wildman–Crippen MR) is 138 cm³/mol. The molecule has 0 spiro atoms. The van der Waals surface area contributed by atoms with E-state index in [0.29, 0.717) is 32.4 Å². The molecular weight excluding hydrogens is 500 g/mol. The van der Waals surface area contributed by atoms with Gasteiger partial charge in [-0.1, -0.05) is 71.5 Å². The highest BCUT2D eigenvalue weighted by Crippen LogP contribution is 2.37. The highest BCUT2D eigenvalue weighted by molar-refractivity contribution is 6.35. The molecule has 3 aromatic rings. The number of carbonyl (C=O) groups is 1. The second-order valence-electron chi connectivity index (χ2n) is 8.39. The molecule has 33 heavy (non-hydrogen) atoms. The molecule has 0 radical (unpaired) electrons. The lowest BCUT2D eigenvalue weighted by molar-refractivity contribution is -0.134. The van der Waals surface area contributed by atoms with Crippen molar-refractivity contribution in [2.24, 2.45) is 0 Å². The van der Waals surface area contributed by atoms with E-state index in [1.165, 1.54) is 0 Å². The van der Waals surface area contributed by atoms with E-state index >= 15 is 0 Å². The van der Waals surface area contributed by atoms with E-state index in [2.05, 4.69) is 12.2 Å². The number of hydrogen-bond donors (Lipinski definition) is 1.